The van der Waals surface area contributed by atoms with Crippen LogP contribution in [0, 0.1) is 50.4 Å². The van der Waals surface area contributed by atoms with Crippen molar-refractivity contribution < 1.29 is 28.2 Å². The highest BCUT2D eigenvalue weighted by molar-refractivity contribution is 6.08. The second-order valence-corrected chi connectivity index (χ2v) is 20.0. The van der Waals surface area contributed by atoms with E-state index in [0.29, 0.717) is 132 Å². The van der Waals surface area contributed by atoms with Crippen LogP contribution in [0.25, 0.3) is 0 Å². The Morgan fingerprint density at radius 3 is 1.43 bits per heavy atom. The summed E-state index contributed by atoms with van der Waals surface area (Å²) in [5, 5.41) is 41.9. The standard InChI is InChI=1S/C30H28N8O3.C30H27N7O3/c1-18-26(19(2)41-36-18)35-30(40)33-21-15-20(16-31)28(32-17-21)38-13-11-37(12-14-38)27-22-7-3-4-8-23(22)29(39)34-25-10-6-5-9-24(25)27;1-18-26(19(2)40-35-18)30(39)33-21-15-20(16-31)28(32-17-21)37-13-11-36(12-14-37)27-22-7-3-4-8-23(22)29(38)34-25-10-6-5-9-24(25)27/h3-10,15,17,27H,11-14H2,1-2H3,(H,34,39)(H2,33,35,40);3-10,15,17,27H,11-14H2,1-2H3,(H,33,39)(H,34,38). The van der Waals surface area contributed by atoms with Crippen LogP contribution in [0.4, 0.5) is 44.9 Å². The fraction of sp³-hybridized carbons (Fsp3) is 0.233. The lowest BCUT2D eigenvalue weighted by atomic mass is 9.93. The molecular formula is C60H55N15O6. The molecule has 0 saturated carbocycles. The number of aromatic nitrogens is 4. The minimum atomic E-state index is -0.483. The number of fused-ring (bicyclic) bond motifs is 4. The summed E-state index contributed by atoms with van der Waals surface area (Å²) in [6, 6.07) is 38.4. The van der Waals surface area contributed by atoms with Gasteiger partial charge in [-0.05, 0) is 86.3 Å². The number of piperazine rings is 2. The summed E-state index contributed by atoms with van der Waals surface area (Å²) in [7, 11) is 0. The lowest BCUT2D eigenvalue weighted by molar-refractivity contribution is 0.101. The third-order valence-electron chi connectivity index (χ3n) is 15.0. The fourth-order valence-electron chi connectivity index (χ4n) is 11.1. The van der Waals surface area contributed by atoms with E-state index in [-0.39, 0.29) is 29.8 Å². The van der Waals surface area contributed by atoms with Gasteiger partial charge < -0.3 is 45.4 Å². The number of pyridine rings is 2. The Morgan fingerprint density at radius 2 is 0.988 bits per heavy atom. The van der Waals surface area contributed by atoms with Crippen LogP contribution in [0.1, 0.15) is 99.4 Å². The number of rotatable bonds is 8. The van der Waals surface area contributed by atoms with Gasteiger partial charge in [-0.1, -0.05) is 83.1 Å². The van der Waals surface area contributed by atoms with Gasteiger partial charge in [0, 0.05) is 74.9 Å². The number of hydrogen-bond donors (Lipinski definition) is 5. The van der Waals surface area contributed by atoms with Crippen LogP contribution in [-0.4, -0.2) is 106 Å². The quantitative estimate of drug-likeness (QED) is 0.0950. The minimum Gasteiger partial charge on any atom is -0.361 e. The monoisotopic (exact) mass is 1080 g/mol. The smallest absolute Gasteiger partial charge is 0.323 e. The third kappa shape index (κ3) is 10.6. The molecule has 21 heteroatoms. The van der Waals surface area contributed by atoms with Crippen LogP contribution in [-0.2, 0) is 0 Å². The van der Waals surface area contributed by atoms with Crippen molar-refractivity contribution in [3.05, 3.63) is 195 Å². The number of hydrogen-bond acceptors (Lipinski definition) is 16. The zero-order chi connectivity index (χ0) is 56.3. The molecule has 0 radical (unpaired) electrons. The molecule has 406 valence electrons. The summed E-state index contributed by atoms with van der Waals surface area (Å²) in [5.41, 5.74) is 10.6. The number of urea groups is 1. The Bertz CT molecular complexity index is 3800. The molecular weight excluding hydrogens is 1030 g/mol. The SMILES string of the molecule is Cc1noc(C)c1C(=O)Nc1cnc(N2CCN(C3c4ccccc4NC(=O)c4ccccc43)CC2)c(C#N)c1.Cc1noc(C)c1NC(=O)Nc1cnc(N2CCN(C3c4ccccc4NC(=O)c4ccccc43)CC2)c(C#N)c1. The second kappa shape index (κ2) is 22.6. The van der Waals surface area contributed by atoms with E-state index >= 15 is 0 Å². The first-order valence-electron chi connectivity index (χ1n) is 26.4. The topological polar surface area (TPSA) is 267 Å². The van der Waals surface area contributed by atoms with Crippen molar-refractivity contribution in [3.63, 3.8) is 0 Å². The summed E-state index contributed by atoms with van der Waals surface area (Å²) in [6.45, 7) is 12.2. The zero-order valence-corrected chi connectivity index (χ0v) is 44.8. The Kier molecular flexibility index (Phi) is 14.8. The fourth-order valence-corrected chi connectivity index (χ4v) is 11.1. The molecule has 21 nitrogen and oxygen atoms in total. The van der Waals surface area contributed by atoms with Crippen LogP contribution in [0.15, 0.2) is 131 Å². The van der Waals surface area contributed by atoms with E-state index in [1.54, 1.807) is 52.2 Å². The highest BCUT2D eigenvalue weighted by atomic mass is 16.5. The molecule has 8 heterocycles. The highest BCUT2D eigenvalue weighted by Crippen LogP contribution is 2.41. The zero-order valence-electron chi connectivity index (χ0n) is 44.8. The molecule has 4 aliphatic rings. The lowest BCUT2D eigenvalue weighted by Gasteiger charge is -2.40. The molecule has 12 rings (SSSR count). The third-order valence-corrected chi connectivity index (χ3v) is 15.0. The number of anilines is 7. The first-order chi connectivity index (χ1) is 39.4. The lowest BCUT2D eigenvalue weighted by Crippen LogP contribution is -2.48. The van der Waals surface area contributed by atoms with E-state index in [1.807, 2.05) is 84.9 Å². The van der Waals surface area contributed by atoms with E-state index in [0.717, 1.165) is 33.6 Å². The van der Waals surface area contributed by atoms with E-state index in [9.17, 15) is 29.7 Å². The second-order valence-electron chi connectivity index (χ2n) is 20.0. The van der Waals surface area contributed by atoms with Crippen LogP contribution in [0.5, 0.6) is 0 Å². The van der Waals surface area contributed by atoms with Gasteiger partial charge in [-0.2, -0.15) is 10.5 Å². The maximum absolute atomic E-state index is 13.0. The molecule has 81 heavy (non-hydrogen) atoms. The van der Waals surface area contributed by atoms with Crippen molar-refractivity contribution in [2.75, 3.05) is 88.7 Å². The van der Waals surface area contributed by atoms with Crippen molar-refractivity contribution >= 4 is 63.8 Å². The predicted molar refractivity (Wildman–Crippen MR) is 303 cm³/mol. The van der Waals surface area contributed by atoms with Gasteiger partial charge in [0.15, 0.2) is 5.76 Å². The first kappa shape index (κ1) is 52.8. The van der Waals surface area contributed by atoms with Crippen LogP contribution in [0.3, 0.4) is 0 Å². The van der Waals surface area contributed by atoms with Crippen LogP contribution in [0.2, 0.25) is 0 Å². The molecule has 5 N–H and O–H groups in total. The average molecular weight is 1080 g/mol. The number of carbonyl (C=O) groups excluding carboxylic acids is 4. The van der Waals surface area contributed by atoms with Gasteiger partial charge in [-0.3, -0.25) is 24.2 Å². The Balaban J connectivity index is 0.000000170. The molecule has 8 aromatic rings. The van der Waals surface area contributed by atoms with E-state index in [1.165, 1.54) is 0 Å². The Labute approximate surface area is 466 Å². The number of benzene rings is 4. The molecule has 2 atom stereocenters. The number of para-hydroxylation sites is 2. The number of aryl methyl sites for hydroxylation is 4. The number of nitrogens with zero attached hydrogens (tertiary/aromatic N) is 10. The maximum atomic E-state index is 13.0. The van der Waals surface area contributed by atoms with Gasteiger partial charge >= 0.3 is 6.03 Å². The number of nitriles is 2. The van der Waals surface area contributed by atoms with Gasteiger partial charge in [0.05, 0.1) is 52.7 Å². The van der Waals surface area contributed by atoms with Gasteiger partial charge in [0.25, 0.3) is 17.7 Å². The van der Waals surface area contributed by atoms with Crippen LogP contribution < -0.4 is 36.4 Å². The van der Waals surface area contributed by atoms with Crippen molar-refractivity contribution in [1.82, 2.24) is 30.1 Å². The molecule has 0 spiro atoms. The number of nitrogens with one attached hydrogen (secondary N) is 5. The van der Waals surface area contributed by atoms with Crippen molar-refractivity contribution in [2.24, 2.45) is 0 Å². The first-order valence-corrected chi connectivity index (χ1v) is 26.4. The highest BCUT2D eigenvalue weighted by Gasteiger charge is 2.36. The van der Waals surface area contributed by atoms with E-state index in [4.69, 9.17) is 9.05 Å². The summed E-state index contributed by atoms with van der Waals surface area (Å²) >= 11 is 0. The molecule has 2 saturated heterocycles. The summed E-state index contributed by atoms with van der Waals surface area (Å²) < 4.78 is 10.2. The van der Waals surface area contributed by atoms with E-state index in [2.05, 4.69) is 90.7 Å². The molecule has 0 bridgehead atoms. The summed E-state index contributed by atoms with van der Waals surface area (Å²) in [5.74, 6) is 1.51. The van der Waals surface area contributed by atoms with Crippen molar-refractivity contribution in [1.29, 1.82) is 10.5 Å². The predicted octanol–water partition coefficient (Wildman–Crippen LogP) is 8.97. The van der Waals surface area contributed by atoms with Crippen molar-refractivity contribution in [3.8, 4) is 12.1 Å². The van der Waals surface area contributed by atoms with Crippen LogP contribution >= 0.6 is 0 Å². The average Bonchev–Trinajstić information content (AvgIpc) is 4.04. The summed E-state index contributed by atoms with van der Waals surface area (Å²) in [4.78, 5) is 69.3. The molecule has 4 aliphatic heterocycles. The van der Waals surface area contributed by atoms with Crippen molar-refractivity contribution in [2.45, 2.75) is 39.8 Å². The molecule has 2 fully saturated rings. The normalized spacial score (nSPS) is 16.7. The Morgan fingerprint density at radius 1 is 0.556 bits per heavy atom. The molecule has 0 aliphatic carbocycles. The largest absolute Gasteiger partial charge is 0.361 e. The van der Waals surface area contributed by atoms with E-state index < -0.39 is 6.03 Å². The Hall–Kier alpha value is -10.2. The molecule has 5 amide bonds. The number of amides is 5. The minimum absolute atomic E-state index is 0.0844. The molecule has 4 aromatic carbocycles. The summed E-state index contributed by atoms with van der Waals surface area (Å²) in [6.07, 6.45) is 3.11. The number of carbonyl (C=O) groups is 4. The molecule has 2 unspecified atom stereocenters. The maximum Gasteiger partial charge on any atom is 0.323 e. The van der Waals surface area contributed by atoms with Gasteiger partial charge in [-0.25, -0.2) is 14.8 Å². The van der Waals surface area contributed by atoms with Gasteiger partial charge in [-0.15, -0.1) is 0 Å². The van der Waals surface area contributed by atoms with Gasteiger partial charge in [0.1, 0.15) is 46.5 Å². The van der Waals surface area contributed by atoms with Gasteiger partial charge in [0.2, 0.25) is 0 Å². The molecule has 4 aromatic heterocycles.